The van der Waals surface area contributed by atoms with E-state index < -0.39 is 0 Å². The lowest BCUT2D eigenvalue weighted by molar-refractivity contribution is -0.119. The van der Waals surface area contributed by atoms with Crippen molar-refractivity contribution in [3.8, 4) is 0 Å². The summed E-state index contributed by atoms with van der Waals surface area (Å²) < 4.78 is 0. The largest absolute Gasteiger partial charge is 0.355 e. The van der Waals surface area contributed by atoms with Gasteiger partial charge < -0.3 is 15.5 Å². The molecule has 2 fully saturated rings. The van der Waals surface area contributed by atoms with Gasteiger partial charge in [0.2, 0.25) is 5.91 Å². The number of likely N-dealkylation sites (tertiary alicyclic amines) is 1. The van der Waals surface area contributed by atoms with Crippen molar-refractivity contribution >= 4 is 5.91 Å². The highest BCUT2D eigenvalue weighted by Crippen LogP contribution is 2.24. The number of hydrogen-bond donors (Lipinski definition) is 2. The zero-order chi connectivity index (χ0) is 12.1. The van der Waals surface area contributed by atoms with Gasteiger partial charge in [0.15, 0.2) is 0 Å². The summed E-state index contributed by atoms with van der Waals surface area (Å²) in [5.41, 5.74) is 0. The molecule has 0 aliphatic carbocycles. The van der Waals surface area contributed by atoms with Crippen LogP contribution in [0.25, 0.3) is 0 Å². The van der Waals surface area contributed by atoms with Gasteiger partial charge in [-0.3, -0.25) is 4.79 Å². The molecule has 17 heavy (non-hydrogen) atoms. The SMILES string of the molecule is CC(=O)NCCN1CCCC(C2CCCN2)C1. The molecule has 0 aromatic heterocycles. The summed E-state index contributed by atoms with van der Waals surface area (Å²) in [6.45, 7) is 6.98. The number of rotatable bonds is 4. The van der Waals surface area contributed by atoms with Gasteiger partial charge in [-0.15, -0.1) is 0 Å². The zero-order valence-electron chi connectivity index (χ0n) is 10.9. The molecule has 2 atom stereocenters. The predicted molar refractivity (Wildman–Crippen MR) is 68.9 cm³/mol. The van der Waals surface area contributed by atoms with E-state index in [0.717, 1.165) is 25.0 Å². The van der Waals surface area contributed by atoms with Crippen molar-refractivity contribution in [1.29, 1.82) is 0 Å². The smallest absolute Gasteiger partial charge is 0.216 e. The van der Waals surface area contributed by atoms with Crippen LogP contribution in [-0.2, 0) is 4.79 Å². The average molecular weight is 239 g/mol. The molecule has 1 amide bonds. The van der Waals surface area contributed by atoms with Crippen LogP contribution < -0.4 is 10.6 Å². The maximum Gasteiger partial charge on any atom is 0.216 e. The summed E-state index contributed by atoms with van der Waals surface area (Å²) in [5.74, 6) is 0.902. The minimum Gasteiger partial charge on any atom is -0.355 e. The number of piperidine rings is 1. The van der Waals surface area contributed by atoms with Crippen LogP contribution in [0.4, 0.5) is 0 Å². The number of nitrogens with zero attached hydrogens (tertiary/aromatic N) is 1. The highest BCUT2D eigenvalue weighted by Gasteiger charge is 2.28. The summed E-state index contributed by atoms with van der Waals surface area (Å²) in [5, 5.41) is 6.51. The summed E-state index contributed by atoms with van der Waals surface area (Å²) in [6.07, 6.45) is 5.37. The minimum absolute atomic E-state index is 0.0796. The molecule has 4 heteroatoms. The molecule has 2 heterocycles. The van der Waals surface area contributed by atoms with E-state index in [4.69, 9.17) is 0 Å². The number of hydrogen-bond acceptors (Lipinski definition) is 3. The molecular formula is C13H25N3O. The normalized spacial score (nSPS) is 30.4. The fourth-order valence-corrected chi connectivity index (χ4v) is 3.13. The van der Waals surface area contributed by atoms with E-state index in [1.54, 1.807) is 6.92 Å². The first-order valence-corrected chi connectivity index (χ1v) is 6.96. The number of amides is 1. The third kappa shape index (κ3) is 3.96. The van der Waals surface area contributed by atoms with Crippen molar-refractivity contribution in [3.63, 3.8) is 0 Å². The number of carbonyl (C=O) groups is 1. The van der Waals surface area contributed by atoms with Gasteiger partial charge >= 0.3 is 0 Å². The van der Waals surface area contributed by atoms with Gasteiger partial charge in [-0.2, -0.15) is 0 Å². The Morgan fingerprint density at radius 3 is 3.00 bits per heavy atom. The van der Waals surface area contributed by atoms with Gasteiger partial charge in [-0.25, -0.2) is 0 Å². The van der Waals surface area contributed by atoms with Crippen LogP contribution in [0.3, 0.4) is 0 Å². The molecule has 98 valence electrons. The molecule has 0 bridgehead atoms. The molecule has 2 aliphatic rings. The second-order valence-electron chi connectivity index (χ2n) is 5.39. The Hall–Kier alpha value is -0.610. The second-order valence-corrected chi connectivity index (χ2v) is 5.39. The molecule has 2 rings (SSSR count). The first-order chi connectivity index (χ1) is 8.25. The van der Waals surface area contributed by atoms with Crippen molar-refractivity contribution in [2.75, 3.05) is 32.7 Å². The highest BCUT2D eigenvalue weighted by atomic mass is 16.1. The molecule has 0 saturated carbocycles. The first-order valence-electron chi connectivity index (χ1n) is 6.96. The van der Waals surface area contributed by atoms with E-state index in [1.165, 1.54) is 45.3 Å². The zero-order valence-corrected chi connectivity index (χ0v) is 10.9. The topological polar surface area (TPSA) is 44.4 Å². The highest BCUT2D eigenvalue weighted by molar-refractivity contribution is 5.72. The van der Waals surface area contributed by atoms with E-state index in [0.29, 0.717) is 0 Å². The van der Waals surface area contributed by atoms with Gasteiger partial charge in [-0.1, -0.05) is 0 Å². The molecule has 0 aromatic rings. The van der Waals surface area contributed by atoms with Crippen LogP contribution in [-0.4, -0.2) is 49.6 Å². The Balaban J connectivity index is 1.70. The van der Waals surface area contributed by atoms with E-state index in [2.05, 4.69) is 15.5 Å². The Bertz CT molecular complexity index is 251. The summed E-state index contributed by atoms with van der Waals surface area (Å²) >= 11 is 0. The average Bonchev–Trinajstić information content (AvgIpc) is 2.82. The van der Waals surface area contributed by atoms with Crippen LogP contribution in [0.5, 0.6) is 0 Å². The maximum atomic E-state index is 10.8. The van der Waals surface area contributed by atoms with Gasteiger partial charge in [0.05, 0.1) is 0 Å². The molecule has 2 unspecified atom stereocenters. The third-order valence-corrected chi connectivity index (χ3v) is 4.01. The molecule has 2 saturated heterocycles. The molecule has 0 radical (unpaired) electrons. The van der Waals surface area contributed by atoms with Crippen molar-refractivity contribution in [2.45, 2.75) is 38.6 Å². The fourth-order valence-electron chi connectivity index (χ4n) is 3.13. The molecule has 2 N–H and O–H groups in total. The Morgan fingerprint density at radius 2 is 2.29 bits per heavy atom. The standard InChI is InChI=1S/C13H25N3O/c1-11(17)14-7-9-16-8-3-4-12(10-16)13-5-2-6-15-13/h12-13,15H,2-10H2,1H3,(H,14,17). The molecule has 0 spiro atoms. The van der Waals surface area contributed by atoms with Crippen molar-refractivity contribution < 1.29 is 4.79 Å². The van der Waals surface area contributed by atoms with Gasteiger partial charge in [0.25, 0.3) is 0 Å². The lowest BCUT2D eigenvalue weighted by Crippen LogP contribution is -2.45. The van der Waals surface area contributed by atoms with E-state index in [1.807, 2.05) is 0 Å². The summed E-state index contributed by atoms with van der Waals surface area (Å²) in [6, 6.07) is 0.749. The number of carbonyl (C=O) groups excluding carboxylic acids is 1. The summed E-state index contributed by atoms with van der Waals surface area (Å²) in [4.78, 5) is 13.3. The van der Waals surface area contributed by atoms with E-state index in [9.17, 15) is 4.79 Å². The molecular weight excluding hydrogens is 214 g/mol. The Morgan fingerprint density at radius 1 is 1.41 bits per heavy atom. The lowest BCUT2D eigenvalue weighted by Gasteiger charge is -2.35. The van der Waals surface area contributed by atoms with Crippen LogP contribution in [0.1, 0.15) is 32.6 Å². The monoisotopic (exact) mass is 239 g/mol. The second kappa shape index (κ2) is 6.36. The van der Waals surface area contributed by atoms with Crippen LogP contribution in [0.15, 0.2) is 0 Å². The summed E-state index contributed by atoms with van der Waals surface area (Å²) in [7, 11) is 0. The van der Waals surface area contributed by atoms with Crippen LogP contribution >= 0.6 is 0 Å². The van der Waals surface area contributed by atoms with Gasteiger partial charge in [0.1, 0.15) is 0 Å². The van der Waals surface area contributed by atoms with Crippen molar-refractivity contribution in [3.05, 3.63) is 0 Å². The van der Waals surface area contributed by atoms with E-state index in [-0.39, 0.29) is 5.91 Å². The van der Waals surface area contributed by atoms with E-state index >= 15 is 0 Å². The first kappa shape index (κ1) is 12.8. The lowest BCUT2D eigenvalue weighted by atomic mass is 9.90. The van der Waals surface area contributed by atoms with Crippen LogP contribution in [0, 0.1) is 5.92 Å². The predicted octanol–water partition coefficient (Wildman–Crippen LogP) is 0.587. The Labute approximate surface area is 104 Å². The molecule has 2 aliphatic heterocycles. The fraction of sp³-hybridized carbons (Fsp3) is 0.923. The quantitative estimate of drug-likeness (QED) is 0.754. The van der Waals surface area contributed by atoms with Crippen molar-refractivity contribution in [1.82, 2.24) is 15.5 Å². The van der Waals surface area contributed by atoms with Gasteiger partial charge in [0, 0.05) is 32.6 Å². The molecule has 4 nitrogen and oxygen atoms in total. The maximum absolute atomic E-state index is 10.8. The van der Waals surface area contributed by atoms with Crippen molar-refractivity contribution in [2.24, 2.45) is 5.92 Å². The minimum atomic E-state index is 0.0796. The number of nitrogens with one attached hydrogen (secondary N) is 2. The van der Waals surface area contributed by atoms with Crippen LogP contribution in [0.2, 0.25) is 0 Å². The third-order valence-electron chi connectivity index (χ3n) is 4.01. The Kier molecular flexibility index (Phi) is 4.80. The molecule has 0 aromatic carbocycles. The van der Waals surface area contributed by atoms with Gasteiger partial charge in [-0.05, 0) is 44.7 Å².